The van der Waals surface area contributed by atoms with Crippen LogP contribution in [0, 0.1) is 5.92 Å². The van der Waals surface area contributed by atoms with Crippen molar-refractivity contribution in [3.05, 3.63) is 34.3 Å². The highest BCUT2D eigenvalue weighted by Gasteiger charge is 2.15. The molecule has 1 amide bonds. The molecule has 1 aromatic rings. The van der Waals surface area contributed by atoms with Crippen LogP contribution in [-0.2, 0) is 0 Å². The second-order valence-electron chi connectivity index (χ2n) is 4.00. The van der Waals surface area contributed by atoms with E-state index >= 15 is 0 Å². The summed E-state index contributed by atoms with van der Waals surface area (Å²) in [6, 6.07) is 7.30. The molecule has 0 radical (unpaired) electrons. The smallest absolute Gasteiger partial charge is 0.253 e. The highest BCUT2D eigenvalue weighted by molar-refractivity contribution is 9.10. The Morgan fingerprint density at radius 1 is 1.59 bits per heavy atom. The highest BCUT2D eigenvalue weighted by Crippen LogP contribution is 2.13. The molecule has 1 aromatic carbocycles. The fraction of sp³-hybridized carbons (Fsp3) is 0.333. The van der Waals surface area contributed by atoms with Gasteiger partial charge in [0.1, 0.15) is 0 Å². The van der Waals surface area contributed by atoms with Crippen molar-refractivity contribution in [1.82, 2.24) is 4.90 Å². The number of halogens is 1. The average molecular weight is 315 g/mol. The van der Waals surface area contributed by atoms with Crippen LogP contribution in [0.15, 0.2) is 28.7 Å². The van der Waals surface area contributed by atoms with E-state index in [1.165, 1.54) is 0 Å². The van der Waals surface area contributed by atoms with E-state index in [1.54, 1.807) is 24.1 Å². The van der Waals surface area contributed by atoms with Gasteiger partial charge in [0.15, 0.2) is 0 Å². The predicted octanol–water partition coefficient (Wildman–Crippen LogP) is 2.44. The lowest BCUT2D eigenvalue weighted by atomic mass is 10.1. The second-order valence-corrected chi connectivity index (χ2v) is 5.39. The molecule has 2 N–H and O–H groups in total. The molecule has 1 unspecified atom stereocenters. The normalized spacial score (nSPS) is 11.9. The van der Waals surface area contributed by atoms with Gasteiger partial charge < -0.3 is 10.6 Å². The number of thiocarbonyl (C=S) groups is 1. The number of hydrogen-bond donors (Lipinski definition) is 1. The molecule has 0 heterocycles. The van der Waals surface area contributed by atoms with E-state index < -0.39 is 0 Å². The molecule has 0 aliphatic carbocycles. The van der Waals surface area contributed by atoms with Crippen LogP contribution in [0.4, 0.5) is 0 Å². The molecular weight excluding hydrogens is 300 g/mol. The Bertz CT molecular complexity index is 436. The minimum absolute atomic E-state index is 0.0195. The summed E-state index contributed by atoms with van der Waals surface area (Å²) in [5.41, 5.74) is 6.18. The van der Waals surface area contributed by atoms with E-state index in [4.69, 9.17) is 18.0 Å². The van der Waals surface area contributed by atoms with Crippen molar-refractivity contribution in [3.8, 4) is 0 Å². The number of nitrogens with zero attached hydrogens (tertiary/aromatic N) is 1. The summed E-state index contributed by atoms with van der Waals surface area (Å²) < 4.78 is 0.888. The Morgan fingerprint density at radius 3 is 2.76 bits per heavy atom. The molecule has 0 spiro atoms. The maximum atomic E-state index is 12.1. The number of benzene rings is 1. The van der Waals surface area contributed by atoms with Gasteiger partial charge in [0.2, 0.25) is 0 Å². The number of carbonyl (C=O) groups is 1. The molecule has 92 valence electrons. The Morgan fingerprint density at radius 2 is 2.24 bits per heavy atom. The van der Waals surface area contributed by atoms with Gasteiger partial charge in [-0.2, -0.15) is 0 Å². The van der Waals surface area contributed by atoms with Crippen molar-refractivity contribution in [1.29, 1.82) is 0 Å². The first kappa shape index (κ1) is 14.1. The van der Waals surface area contributed by atoms with E-state index in [9.17, 15) is 4.79 Å². The molecule has 5 heteroatoms. The van der Waals surface area contributed by atoms with Gasteiger partial charge in [-0.25, -0.2) is 0 Å². The average Bonchev–Trinajstić information content (AvgIpc) is 2.27. The van der Waals surface area contributed by atoms with Gasteiger partial charge in [0.05, 0.1) is 4.99 Å². The van der Waals surface area contributed by atoms with E-state index in [2.05, 4.69) is 15.9 Å². The molecule has 0 aromatic heterocycles. The van der Waals surface area contributed by atoms with Crippen molar-refractivity contribution in [2.75, 3.05) is 13.6 Å². The van der Waals surface area contributed by atoms with Gasteiger partial charge in [-0.1, -0.05) is 41.1 Å². The van der Waals surface area contributed by atoms with E-state index in [-0.39, 0.29) is 11.8 Å². The zero-order valence-electron chi connectivity index (χ0n) is 9.81. The molecule has 0 bridgehead atoms. The SMILES string of the molecule is CC(CN(C)C(=O)c1cccc(Br)c1)C(N)=S. The quantitative estimate of drug-likeness (QED) is 0.868. The summed E-state index contributed by atoms with van der Waals surface area (Å²) in [5, 5.41) is 0. The number of amides is 1. The predicted molar refractivity (Wildman–Crippen MR) is 77.1 cm³/mol. The second kappa shape index (κ2) is 6.12. The lowest BCUT2D eigenvalue weighted by Crippen LogP contribution is -2.35. The number of hydrogen-bond acceptors (Lipinski definition) is 2. The Kier molecular flexibility index (Phi) is 5.08. The van der Waals surface area contributed by atoms with Crippen molar-refractivity contribution in [2.45, 2.75) is 6.92 Å². The monoisotopic (exact) mass is 314 g/mol. The highest BCUT2D eigenvalue weighted by atomic mass is 79.9. The summed E-state index contributed by atoms with van der Waals surface area (Å²) in [6.45, 7) is 2.44. The largest absolute Gasteiger partial charge is 0.393 e. The molecule has 0 saturated heterocycles. The molecule has 0 saturated carbocycles. The van der Waals surface area contributed by atoms with Gasteiger partial charge in [-0.3, -0.25) is 4.79 Å². The molecule has 1 atom stereocenters. The first-order chi connectivity index (χ1) is 7.91. The van der Waals surface area contributed by atoms with E-state index in [0.29, 0.717) is 17.1 Å². The molecule has 17 heavy (non-hydrogen) atoms. The number of nitrogens with two attached hydrogens (primary N) is 1. The summed E-state index contributed by atoms with van der Waals surface area (Å²) >= 11 is 8.24. The van der Waals surface area contributed by atoms with Crippen molar-refractivity contribution < 1.29 is 4.79 Å². The van der Waals surface area contributed by atoms with Crippen molar-refractivity contribution in [3.63, 3.8) is 0 Å². The van der Waals surface area contributed by atoms with Crippen LogP contribution < -0.4 is 5.73 Å². The Labute approximate surface area is 115 Å². The molecule has 0 aliphatic heterocycles. The van der Waals surface area contributed by atoms with Gasteiger partial charge in [0, 0.05) is 29.5 Å². The molecule has 0 fully saturated rings. The fourth-order valence-electron chi connectivity index (χ4n) is 1.43. The number of carbonyl (C=O) groups excluding carboxylic acids is 1. The number of rotatable bonds is 4. The van der Waals surface area contributed by atoms with Crippen LogP contribution in [0.5, 0.6) is 0 Å². The van der Waals surface area contributed by atoms with Crippen molar-refractivity contribution in [2.24, 2.45) is 11.7 Å². The fourth-order valence-corrected chi connectivity index (χ4v) is 1.90. The van der Waals surface area contributed by atoms with E-state index in [1.807, 2.05) is 19.1 Å². The molecular formula is C12H15BrN2OS. The summed E-state index contributed by atoms with van der Waals surface area (Å²) in [6.07, 6.45) is 0. The Balaban J connectivity index is 2.73. The summed E-state index contributed by atoms with van der Waals surface area (Å²) in [4.78, 5) is 14.1. The maximum Gasteiger partial charge on any atom is 0.253 e. The topological polar surface area (TPSA) is 46.3 Å². The third-order valence-corrected chi connectivity index (χ3v) is 3.35. The third-order valence-electron chi connectivity index (χ3n) is 2.45. The minimum Gasteiger partial charge on any atom is -0.393 e. The molecule has 3 nitrogen and oxygen atoms in total. The van der Waals surface area contributed by atoms with Crippen LogP contribution in [-0.4, -0.2) is 29.4 Å². The molecule has 1 rings (SSSR count). The Hall–Kier alpha value is -0.940. The van der Waals surface area contributed by atoms with E-state index in [0.717, 1.165) is 4.47 Å². The third kappa shape index (κ3) is 4.09. The lowest BCUT2D eigenvalue weighted by molar-refractivity contribution is 0.0787. The van der Waals surface area contributed by atoms with Crippen LogP contribution >= 0.6 is 28.1 Å². The lowest BCUT2D eigenvalue weighted by Gasteiger charge is -2.21. The molecule has 0 aliphatic rings. The van der Waals surface area contributed by atoms with Crippen LogP contribution in [0.1, 0.15) is 17.3 Å². The summed E-state index contributed by atoms with van der Waals surface area (Å²) in [5.74, 6) is -0.0134. The van der Waals surface area contributed by atoms with Gasteiger partial charge in [-0.15, -0.1) is 0 Å². The first-order valence-electron chi connectivity index (χ1n) is 5.22. The maximum absolute atomic E-state index is 12.1. The van der Waals surface area contributed by atoms with Gasteiger partial charge in [-0.05, 0) is 18.2 Å². The van der Waals surface area contributed by atoms with Gasteiger partial charge in [0.25, 0.3) is 5.91 Å². The van der Waals surface area contributed by atoms with Crippen molar-refractivity contribution >= 4 is 39.0 Å². The summed E-state index contributed by atoms with van der Waals surface area (Å²) in [7, 11) is 1.75. The zero-order valence-corrected chi connectivity index (χ0v) is 12.2. The standard InChI is InChI=1S/C12H15BrN2OS/c1-8(11(14)17)7-15(2)12(16)9-4-3-5-10(13)6-9/h3-6,8H,7H2,1-2H3,(H2,14,17). The van der Waals surface area contributed by atoms with Crippen LogP contribution in [0.25, 0.3) is 0 Å². The first-order valence-corrected chi connectivity index (χ1v) is 6.42. The van der Waals surface area contributed by atoms with Crippen LogP contribution in [0.2, 0.25) is 0 Å². The minimum atomic E-state index is -0.0330. The zero-order chi connectivity index (χ0) is 13.0. The van der Waals surface area contributed by atoms with Crippen LogP contribution in [0.3, 0.4) is 0 Å². The van der Waals surface area contributed by atoms with Gasteiger partial charge >= 0.3 is 0 Å².